The summed E-state index contributed by atoms with van der Waals surface area (Å²) in [4.78, 5) is 37.8. The van der Waals surface area contributed by atoms with Crippen molar-refractivity contribution < 1.29 is 14.7 Å². The molecular formula is C24H38N2O4. The van der Waals surface area contributed by atoms with Crippen LogP contribution in [-0.2, 0) is 24.2 Å². The number of aliphatic carboxylic acids is 1. The largest absolute Gasteiger partial charge is 0.481 e. The third-order valence-electron chi connectivity index (χ3n) is 6.49. The number of aromatic nitrogens is 1. The number of pyridine rings is 1. The van der Waals surface area contributed by atoms with Crippen LogP contribution in [0, 0.1) is 5.41 Å². The van der Waals surface area contributed by atoms with Crippen molar-refractivity contribution in [1.82, 2.24) is 9.88 Å². The minimum absolute atomic E-state index is 0.177. The topological polar surface area (TPSA) is 88.4 Å². The van der Waals surface area contributed by atoms with Crippen molar-refractivity contribution in [3.05, 3.63) is 33.2 Å². The normalized spacial score (nSPS) is 15.7. The molecule has 2 rings (SSSR count). The van der Waals surface area contributed by atoms with Gasteiger partial charge in [-0.25, -0.2) is 0 Å². The molecule has 0 aromatic carbocycles. The van der Waals surface area contributed by atoms with Gasteiger partial charge in [0.05, 0.1) is 5.41 Å². The molecule has 1 aliphatic rings. The highest BCUT2D eigenvalue weighted by Crippen LogP contribution is 2.39. The molecule has 0 bridgehead atoms. The van der Waals surface area contributed by atoms with Crippen molar-refractivity contribution >= 4 is 11.9 Å². The SMILES string of the molecule is CCCCn1c(CCC)c(CC)cc(C(=O)NCCC2(C(=O)O)CCCCC2)c1=O. The second-order valence-electron chi connectivity index (χ2n) is 8.60. The number of hydrogen-bond donors (Lipinski definition) is 2. The van der Waals surface area contributed by atoms with Crippen LogP contribution in [0.4, 0.5) is 0 Å². The lowest BCUT2D eigenvalue weighted by Gasteiger charge is -2.33. The molecule has 0 spiro atoms. The molecule has 1 amide bonds. The molecule has 1 heterocycles. The Bertz CT molecular complexity index is 791. The first-order valence-corrected chi connectivity index (χ1v) is 11.7. The maximum Gasteiger partial charge on any atom is 0.309 e. The van der Waals surface area contributed by atoms with Gasteiger partial charge < -0.3 is 15.0 Å². The number of carboxylic acid groups (broad SMARTS) is 1. The van der Waals surface area contributed by atoms with E-state index >= 15 is 0 Å². The fraction of sp³-hybridized carbons (Fsp3) is 0.708. The van der Waals surface area contributed by atoms with Gasteiger partial charge in [0.25, 0.3) is 11.5 Å². The van der Waals surface area contributed by atoms with Crippen LogP contribution >= 0.6 is 0 Å². The Kier molecular flexibility index (Phi) is 9.12. The minimum Gasteiger partial charge on any atom is -0.481 e. The predicted molar refractivity (Wildman–Crippen MR) is 119 cm³/mol. The van der Waals surface area contributed by atoms with E-state index in [1.807, 2.05) is 6.92 Å². The fourth-order valence-electron chi connectivity index (χ4n) is 4.62. The van der Waals surface area contributed by atoms with Gasteiger partial charge >= 0.3 is 5.97 Å². The van der Waals surface area contributed by atoms with E-state index in [1.54, 1.807) is 10.6 Å². The van der Waals surface area contributed by atoms with Crippen molar-refractivity contribution in [3.8, 4) is 0 Å². The number of aryl methyl sites for hydroxylation is 1. The molecule has 1 aliphatic carbocycles. The average Bonchev–Trinajstić information content (AvgIpc) is 2.74. The highest BCUT2D eigenvalue weighted by molar-refractivity contribution is 5.94. The van der Waals surface area contributed by atoms with Gasteiger partial charge in [0.15, 0.2) is 0 Å². The zero-order valence-corrected chi connectivity index (χ0v) is 18.9. The molecule has 6 heteroatoms. The number of nitrogens with one attached hydrogen (secondary N) is 1. The number of hydrogen-bond acceptors (Lipinski definition) is 3. The summed E-state index contributed by atoms with van der Waals surface area (Å²) in [5.74, 6) is -1.16. The van der Waals surface area contributed by atoms with Gasteiger partial charge in [0.2, 0.25) is 0 Å². The van der Waals surface area contributed by atoms with E-state index in [0.29, 0.717) is 25.8 Å². The molecule has 30 heavy (non-hydrogen) atoms. The van der Waals surface area contributed by atoms with Gasteiger partial charge in [0, 0.05) is 18.8 Å². The molecular weight excluding hydrogens is 380 g/mol. The smallest absolute Gasteiger partial charge is 0.309 e. The minimum atomic E-state index is -0.768. The van der Waals surface area contributed by atoms with Crippen molar-refractivity contribution in [3.63, 3.8) is 0 Å². The molecule has 0 aliphatic heterocycles. The van der Waals surface area contributed by atoms with Crippen LogP contribution in [-0.4, -0.2) is 28.1 Å². The molecule has 2 N–H and O–H groups in total. The van der Waals surface area contributed by atoms with Crippen LogP contribution in [0.1, 0.15) is 100 Å². The third kappa shape index (κ3) is 5.52. The highest BCUT2D eigenvalue weighted by atomic mass is 16.4. The van der Waals surface area contributed by atoms with Gasteiger partial charge in [-0.3, -0.25) is 14.4 Å². The summed E-state index contributed by atoms with van der Waals surface area (Å²) in [7, 11) is 0. The molecule has 1 fully saturated rings. The molecule has 0 unspecified atom stereocenters. The predicted octanol–water partition coefficient (Wildman–Crippen LogP) is 4.32. The molecule has 1 aromatic heterocycles. The van der Waals surface area contributed by atoms with E-state index in [4.69, 9.17) is 0 Å². The number of amides is 1. The zero-order chi connectivity index (χ0) is 22.1. The number of nitrogens with zero attached hydrogens (tertiary/aromatic N) is 1. The molecule has 0 radical (unpaired) electrons. The summed E-state index contributed by atoms with van der Waals surface area (Å²) in [6, 6.07) is 1.75. The molecule has 6 nitrogen and oxygen atoms in total. The van der Waals surface area contributed by atoms with Crippen molar-refractivity contribution in [2.75, 3.05) is 6.54 Å². The summed E-state index contributed by atoms with van der Waals surface area (Å²) in [5.41, 5.74) is 1.30. The van der Waals surface area contributed by atoms with Crippen LogP contribution in [0.3, 0.4) is 0 Å². The lowest BCUT2D eigenvalue weighted by atomic mass is 9.72. The first-order valence-electron chi connectivity index (χ1n) is 11.7. The number of carbonyl (C=O) groups excluding carboxylic acids is 1. The van der Waals surface area contributed by atoms with Crippen LogP contribution in [0.15, 0.2) is 10.9 Å². The van der Waals surface area contributed by atoms with Gasteiger partial charge in [-0.15, -0.1) is 0 Å². The first-order chi connectivity index (χ1) is 14.4. The summed E-state index contributed by atoms with van der Waals surface area (Å²) >= 11 is 0. The van der Waals surface area contributed by atoms with Gasteiger partial charge in [-0.1, -0.05) is 52.9 Å². The van der Waals surface area contributed by atoms with Gasteiger partial charge in [-0.05, 0) is 50.2 Å². The van der Waals surface area contributed by atoms with E-state index in [1.165, 1.54) is 0 Å². The molecule has 0 atom stereocenters. The Hall–Kier alpha value is -2.11. The second-order valence-corrected chi connectivity index (χ2v) is 8.60. The maximum atomic E-state index is 13.1. The van der Waals surface area contributed by atoms with E-state index in [0.717, 1.165) is 62.6 Å². The Labute approximate surface area is 180 Å². The maximum absolute atomic E-state index is 13.1. The molecule has 0 saturated heterocycles. The molecule has 168 valence electrons. The monoisotopic (exact) mass is 418 g/mol. The Morgan fingerprint density at radius 2 is 1.83 bits per heavy atom. The summed E-state index contributed by atoms with van der Waals surface area (Å²) in [6.45, 7) is 7.13. The fourth-order valence-corrected chi connectivity index (χ4v) is 4.62. The Morgan fingerprint density at radius 3 is 2.40 bits per heavy atom. The average molecular weight is 419 g/mol. The standard InChI is InChI=1S/C24H38N2O4/c1-4-7-16-26-20(11-5-2)18(6-3)17-19(22(26)28)21(27)25-15-14-24(23(29)30)12-9-8-10-13-24/h17H,4-16H2,1-3H3,(H,25,27)(H,29,30). The number of unbranched alkanes of at least 4 members (excludes halogenated alkanes) is 1. The van der Waals surface area contributed by atoms with E-state index in [-0.39, 0.29) is 23.6 Å². The van der Waals surface area contributed by atoms with Crippen LogP contribution < -0.4 is 10.9 Å². The van der Waals surface area contributed by atoms with Gasteiger partial charge in [-0.2, -0.15) is 0 Å². The lowest BCUT2D eigenvalue weighted by Crippen LogP contribution is -2.39. The number of carbonyl (C=O) groups is 2. The lowest BCUT2D eigenvalue weighted by molar-refractivity contribution is -0.151. The molecule has 1 saturated carbocycles. The third-order valence-corrected chi connectivity index (χ3v) is 6.49. The van der Waals surface area contributed by atoms with E-state index in [9.17, 15) is 19.5 Å². The summed E-state index contributed by atoms with van der Waals surface area (Å²) in [5, 5.41) is 12.6. The first kappa shape index (κ1) is 24.2. The Balaban J connectivity index is 2.21. The van der Waals surface area contributed by atoms with Crippen molar-refractivity contribution in [2.45, 2.75) is 97.9 Å². The van der Waals surface area contributed by atoms with E-state index < -0.39 is 11.4 Å². The zero-order valence-electron chi connectivity index (χ0n) is 18.9. The Morgan fingerprint density at radius 1 is 1.13 bits per heavy atom. The second kappa shape index (κ2) is 11.3. The van der Waals surface area contributed by atoms with Gasteiger partial charge in [0.1, 0.15) is 5.56 Å². The van der Waals surface area contributed by atoms with Crippen LogP contribution in [0.5, 0.6) is 0 Å². The van der Waals surface area contributed by atoms with E-state index in [2.05, 4.69) is 19.2 Å². The number of rotatable bonds is 11. The highest BCUT2D eigenvalue weighted by Gasteiger charge is 2.39. The van der Waals surface area contributed by atoms with Crippen molar-refractivity contribution in [1.29, 1.82) is 0 Å². The van der Waals surface area contributed by atoms with Crippen LogP contribution in [0.2, 0.25) is 0 Å². The number of carboxylic acids is 1. The van der Waals surface area contributed by atoms with Crippen molar-refractivity contribution in [2.24, 2.45) is 5.41 Å². The van der Waals surface area contributed by atoms with Crippen LogP contribution in [0.25, 0.3) is 0 Å². The molecule has 1 aromatic rings. The summed E-state index contributed by atoms with van der Waals surface area (Å²) < 4.78 is 1.79. The quantitative estimate of drug-likeness (QED) is 0.560. The summed E-state index contributed by atoms with van der Waals surface area (Å²) in [6.07, 6.45) is 9.05.